The molecule has 3 aromatic rings. The van der Waals surface area contributed by atoms with E-state index in [1.807, 2.05) is 36.4 Å². The molecule has 6 heteroatoms. The van der Waals surface area contributed by atoms with Gasteiger partial charge in [-0.2, -0.15) is 0 Å². The number of para-hydroxylation sites is 1. The van der Waals surface area contributed by atoms with Crippen LogP contribution in [0, 0.1) is 6.92 Å². The van der Waals surface area contributed by atoms with Crippen LogP contribution in [-0.2, 0) is 0 Å². The molecule has 3 aromatic carbocycles. The van der Waals surface area contributed by atoms with Gasteiger partial charge in [0, 0.05) is 10.8 Å². The van der Waals surface area contributed by atoms with Crippen molar-refractivity contribution in [1.82, 2.24) is 0 Å². The van der Waals surface area contributed by atoms with Crippen LogP contribution in [0.1, 0.15) is 99.0 Å². The third kappa shape index (κ3) is 6.35. The number of ether oxygens (including phenoxy) is 1. The van der Waals surface area contributed by atoms with Gasteiger partial charge in [-0.25, -0.2) is 4.79 Å². The van der Waals surface area contributed by atoms with Crippen molar-refractivity contribution in [2.45, 2.75) is 123 Å². The molecule has 0 heterocycles. The first-order valence-corrected chi connectivity index (χ1v) is 20.1. The number of aryl methyl sites for hydroxylation is 1. The van der Waals surface area contributed by atoms with Gasteiger partial charge in [0.25, 0.3) is 16.6 Å². The zero-order chi connectivity index (χ0) is 31.6. The van der Waals surface area contributed by atoms with Crippen molar-refractivity contribution in [2.75, 3.05) is 0 Å². The standard InChI is InChI=1S/C36H54O4Si2/c1-23(2)41(24(3)4,25(5)6)39-34-22-33(36(37)38-30-17-15-14-16-18-30)35(31-20-19-29(13)21-32(31)34)40-42(26(7)8,27(9)10)28(11)12/h14-28H,1-13H3. The molecule has 42 heavy (non-hydrogen) atoms. The predicted octanol–water partition coefficient (Wildman–Crippen LogP) is 11.5. The molecule has 0 fully saturated rings. The number of benzene rings is 3. The van der Waals surface area contributed by atoms with Crippen molar-refractivity contribution in [2.24, 2.45) is 0 Å². The summed E-state index contributed by atoms with van der Waals surface area (Å²) < 4.78 is 20.7. The average Bonchev–Trinajstić information content (AvgIpc) is 2.89. The van der Waals surface area contributed by atoms with Crippen LogP contribution in [0.3, 0.4) is 0 Å². The highest BCUT2D eigenvalue weighted by Crippen LogP contribution is 2.49. The quantitative estimate of drug-likeness (QED) is 0.117. The van der Waals surface area contributed by atoms with Crippen LogP contribution in [0.4, 0.5) is 0 Å². The van der Waals surface area contributed by atoms with Gasteiger partial charge >= 0.3 is 5.97 Å². The van der Waals surface area contributed by atoms with Crippen molar-refractivity contribution in [1.29, 1.82) is 0 Å². The number of hydrogen-bond acceptors (Lipinski definition) is 4. The van der Waals surface area contributed by atoms with E-state index < -0.39 is 22.6 Å². The van der Waals surface area contributed by atoms with Crippen molar-refractivity contribution in [3.05, 3.63) is 65.7 Å². The van der Waals surface area contributed by atoms with Crippen LogP contribution in [0.15, 0.2) is 54.6 Å². The highest BCUT2D eigenvalue weighted by atomic mass is 28.4. The van der Waals surface area contributed by atoms with E-state index in [0.29, 0.717) is 50.3 Å². The van der Waals surface area contributed by atoms with Gasteiger partial charge < -0.3 is 13.6 Å². The molecule has 0 aliphatic rings. The van der Waals surface area contributed by atoms with E-state index in [4.69, 9.17) is 13.6 Å². The van der Waals surface area contributed by atoms with Crippen LogP contribution < -0.4 is 13.6 Å². The molecule has 0 bridgehead atoms. The third-order valence-corrected chi connectivity index (χ3v) is 21.3. The first-order chi connectivity index (χ1) is 19.6. The molecule has 0 atom stereocenters. The van der Waals surface area contributed by atoms with E-state index >= 15 is 0 Å². The van der Waals surface area contributed by atoms with Crippen molar-refractivity contribution >= 4 is 33.4 Å². The molecule has 0 unspecified atom stereocenters. The number of esters is 1. The van der Waals surface area contributed by atoms with Gasteiger partial charge in [0.05, 0.1) is 0 Å². The number of hydrogen-bond donors (Lipinski definition) is 0. The van der Waals surface area contributed by atoms with Crippen LogP contribution in [0.2, 0.25) is 33.2 Å². The third-order valence-electron chi connectivity index (χ3n) is 9.36. The Morgan fingerprint density at radius 3 is 1.55 bits per heavy atom. The molecular formula is C36H54O4Si2. The molecule has 0 saturated carbocycles. The summed E-state index contributed by atoms with van der Waals surface area (Å²) in [5.74, 6) is 1.48. The van der Waals surface area contributed by atoms with Gasteiger partial charge in [-0.1, -0.05) is 119 Å². The van der Waals surface area contributed by atoms with Gasteiger partial charge in [0.15, 0.2) is 0 Å². The fraction of sp³-hybridized carbons (Fsp3) is 0.528. The maximum Gasteiger partial charge on any atom is 0.347 e. The smallest absolute Gasteiger partial charge is 0.347 e. The van der Waals surface area contributed by atoms with Crippen molar-refractivity contribution in [3.63, 3.8) is 0 Å². The van der Waals surface area contributed by atoms with E-state index in [-0.39, 0.29) is 0 Å². The Morgan fingerprint density at radius 2 is 1.07 bits per heavy atom. The second-order valence-electron chi connectivity index (χ2n) is 13.8. The Bertz CT molecular complexity index is 1320. The number of carbonyl (C=O) groups is 1. The first-order valence-electron chi connectivity index (χ1n) is 15.8. The lowest BCUT2D eigenvalue weighted by Crippen LogP contribution is -2.51. The topological polar surface area (TPSA) is 44.8 Å². The number of carbonyl (C=O) groups excluding carboxylic acids is 1. The van der Waals surface area contributed by atoms with Gasteiger partial charge in [0.1, 0.15) is 22.8 Å². The fourth-order valence-electron chi connectivity index (χ4n) is 7.55. The lowest BCUT2D eigenvalue weighted by Gasteiger charge is -2.44. The summed E-state index contributed by atoms with van der Waals surface area (Å²) in [5.41, 5.74) is 3.76. The Kier molecular flexibility index (Phi) is 10.8. The summed E-state index contributed by atoms with van der Waals surface area (Å²) in [6, 6.07) is 17.6. The predicted molar refractivity (Wildman–Crippen MR) is 183 cm³/mol. The maximum absolute atomic E-state index is 14.1. The van der Waals surface area contributed by atoms with Crippen molar-refractivity contribution in [3.8, 4) is 17.2 Å². The van der Waals surface area contributed by atoms with E-state index in [0.717, 1.165) is 22.1 Å². The molecule has 0 saturated heterocycles. The molecule has 230 valence electrons. The molecule has 0 amide bonds. The SMILES string of the molecule is Cc1ccc2c(O[Si](C(C)C)(C(C)C)C(C)C)c(C(=O)Oc3ccccc3)cc(O[Si](C(C)C)(C(C)C)C(C)C)c2c1. The molecule has 0 spiro atoms. The fourth-order valence-corrected chi connectivity index (χ4v) is 18.1. The second-order valence-corrected chi connectivity index (χ2v) is 24.6. The highest BCUT2D eigenvalue weighted by molar-refractivity contribution is 6.79. The molecule has 0 aliphatic heterocycles. The summed E-state index contributed by atoms with van der Waals surface area (Å²) in [6.45, 7) is 29.4. The zero-order valence-corrected chi connectivity index (χ0v) is 30.3. The summed E-state index contributed by atoms with van der Waals surface area (Å²) in [5, 5.41) is 1.91. The van der Waals surface area contributed by atoms with Crippen LogP contribution in [-0.4, -0.2) is 22.6 Å². The van der Waals surface area contributed by atoms with E-state index in [1.54, 1.807) is 0 Å². The minimum absolute atomic E-state index is 0.342. The Labute approximate surface area is 257 Å². The Balaban J connectivity index is 2.42. The summed E-state index contributed by atoms with van der Waals surface area (Å²) in [4.78, 5) is 14.1. The summed E-state index contributed by atoms with van der Waals surface area (Å²) in [6.07, 6.45) is 0. The summed E-state index contributed by atoms with van der Waals surface area (Å²) in [7, 11) is -4.76. The van der Waals surface area contributed by atoms with Crippen molar-refractivity contribution < 1.29 is 18.4 Å². The molecule has 0 aliphatic carbocycles. The minimum Gasteiger partial charge on any atom is -0.542 e. The summed E-state index contributed by atoms with van der Waals surface area (Å²) >= 11 is 0. The van der Waals surface area contributed by atoms with Gasteiger partial charge in [-0.15, -0.1) is 0 Å². The van der Waals surface area contributed by atoms with Gasteiger partial charge in [-0.05, 0) is 64.4 Å². The van der Waals surface area contributed by atoms with Crippen LogP contribution in [0.25, 0.3) is 10.8 Å². The minimum atomic E-state index is -2.43. The van der Waals surface area contributed by atoms with E-state index in [1.165, 1.54) is 0 Å². The lowest BCUT2D eigenvalue weighted by molar-refractivity contribution is 0.0732. The Morgan fingerprint density at radius 1 is 0.595 bits per heavy atom. The molecule has 0 N–H and O–H groups in total. The van der Waals surface area contributed by atoms with Crippen LogP contribution in [0.5, 0.6) is 17.2 Å². The molecule has 0 aromatic heterocycles. The first kappa shape index (κ1) is 33.9. The molecule has 3 rings (SSSR count). The number of rotatable bonds is 12. The number of fused-ring (bicyclic) bond motifs is 1. The average molecular weight is 607 g/mol. The normalized spacial score (nSPS) is 12.8. The van der Waals surface area contributed by atoms with Gasteiger partial charge in [-0.3, -0.25) is 0 Å². The van der Waals surface area contributed by atoms with E-state index in [2.05, 4.69) is 108 Å². The Hall–Kier alpha value is -2.58. The van der Waals surface area contributed by atoms with E-state index in [9.17, 15) is 4.79 Å². The highest BCUT2D eigenvalue weighted by Gasteiger charge is 2.49. The zero-order valence-electron chi connectivity index (χ0n) is 28.3. The maximum atomic E-state index is 14.1. The van der Waals surface area contributed by atoms with Gasteiger partial charge in [0.2, 0.25) is 0 Å². The molecular weight excluding hydrogens is 553 g/mol. The second kappa shape index (κ2) is 13.4. The molecule has 4 nitrogen and oxygen atoms in total. The lowest BCUT2D eigenvalue weighted by atomic mass is 10.0. The monoisotopic (exact) mass is 606 g/mol. The molecule has 0 radical (unpaired) electrons. The van der Waals surface area contributed by atoms with Crippen LogP contribution >= 0.6 is 0 Å². The largest absolute Gasteiger partial charge is 0.542 e.